The van der Waals surface area contributed by atoms with Crippen molar-refractivity contribution < 1.29 is 9.84 Å². The molecule has 0 fully saturated rings. The molecule has 2 heterocycles. The predicted molar refractivity (Wildman–Crippen MR) is 72.2 cm³/mol. The van der Waals surface area contributed by atoms with Gasteiger partial charge in [-0.2, -0.15) is 5.10 Å². The lowest BCUT2D eigenvalue weighted by Gasteiger charge is -2.10. The molecule has 0 atom stereocenters. The van der Waals surface area contributed by atoms with Gasteiger partial charge in [0.1, 0.15) is 18.1 Å². The number of halogens is 1. The number of aliphatic hydroxyl groups excluding tert-OH is 1. The van der Waals surface area contributed by atoms with Crippen LogP contribution in [-0.2, 0) is 20.3 Å². The summed E-state index contributed by atoms with van der Waals surface area (Å²) in [5.74, 6) is 0.558. The highest BCUT2D eigenvalue weighted by atomic mass is 35.5. The summed E-state index contributed by atoms with van der Waals surface area (Å²) in [4.78, 5) is 4.22. The second-order valence-electron chi connectivity index (χ2n) is 4.31. The summed E-state index contributed by atoms with van der Waals surface area (Å²) in [6.45, 7) is 3.84. The number of hydrogen-bond acceptors (Lipinski definition) is 4. The van der Waals surface area contributed by atoms with Crippen LogP contribution in [-0.4, -0.2) is 19.9 Å². The Morgan fingerprint density at radius 1 is 1.37 bits per heavy atom. The fourth-order valence-corrected chi connectivity index (χ4v) is 2.04. The molecule has 0 aliphatic carbocycles. The zero-order chi connectivity index (χ0) is 14.0. The molecule has 0 aliphatic heterocycles. The van der Waals surface area contributed by atoms with Crippen LogP contribution in [0.25, 0.3) is 0 Å². The zero-order valence-corrected chi connectivity index (χ0v) is 11.9. The quantitative estimate of drug-likeness (QED) is 0.933. The molecular formula is C13H16ClN3O2. The number of aryl methyl sites for hydroxylation is 3. The van der Waals surface area contributed by atoms with E-state index in [1.165, 1.54) is 0 Å². The van der Waals surface area contributed by atoms with Crippen molar-refractivity contribution >= 4 is 11.6 Å². The van der Waals surface area contributed by atoms with Crippen molar-refractivity contribution in [3.8, 4) is 5.75 Å². The molecule has 0 amide bonds. The molecule has 2 aromatic rings. The van der Waals surface area contributed by atoms with Gasteiger partial charge in [-0.25, -0.2) is 0 Å². The van der Waals surface area contributed by atoms with Gasteiger partial charge in [0.2, 0.25) is 0 Å². The third-order valence-corrected chi connectivity index (χ3v) is 3.34. The highest BCUT2D eigenvalue weighted by Gasteiger charge is 2.13. The molecule has 0 saturated carbocycles. The summed E-state index contributed by atoms with van der Waals surface area (Å²) in [6.07, 6.45) is 0. The van der Waals surface area contributed by atoms with Crippen molar-refractivity contribution in [2.45, 2.75) is 27.1 Å². The van der Waals surface area contributed by atoms with Crippen LogP contribution < -0.4 is 4.74 Å². The summed E-state index contributed by atoms with van der Waals surface area (Å²) in [5.41, 5.74) is 2.93. The Morgan fingerprint density at radius 2 is 2.11 bits per heavy atom. The van der Waals surface area contributed by atoms with E-state index in [2.05, 4.69) is 10.1 Å². The average Bonchev–Trinajstić information content (AvgIpc) is 2.62. The van der Waals surface area contributed by atoms with E-state index >= 15 is 0 Å². The second-order valence-corrected chi connectivity index (χ2v) is 4.69. The SMILES string of the molecule is Cc1ccc(OCc2c(Cl)c(C)nn2C)c(CO)n1. The molecule has 0 spiro atoms. The van der Waals surface area contributed by atoms with Crippen molar-refractivity contribution in [3.63, 3.8) is 0 Å². The van der Waals surface area contributed by atoms with Gasteiger partial charge in [0.25, 0.3) is 0 Å². The van der Waals surface area contributed by atoms with Gasteiger partial charge in [0.15, 0.2) is 0 Å². The molecule has 102 valence electrons. The highest BCUT2D eigenvalue weighted by Crippen LogP contribution is 2.23. The number of hydrogen-bond donors (Lipinski definition) is 1. The van der Waals surface area contributed by atoms with Crippen molar-refractivity contribution in [1.82, 2.24) is 14.8 Å². The number of nitrogens with zero attached hydrogens (tertiary/aromatic N) is 3. The maximum absolute atomic E-state index is 9.27. The molecular weight excluding hydrogens is 266 g/mol. The van der Waals surface area contributed by atoms with Gasteiger partial charge in [0.05, 0.1) is 23.0 Å². The Morgan fingerprint density at radius 3 is 2.68 bits per heavy atom. The second kappa shape index (κ2) is 5.59. The maximum Gasteiger partial charge on any atom is 0.143 e. The molecule has 0 radical (unpaired) electrons. The molecule has 0 unspecified atom stereocenters. The van der Waals surface area contributed by atoms with E-state index < -0.39 is 0 Å². The molecule has 5 nitrogen and oxygen atoms in total. The van der Waals surface area contributed by atoms with Crippen molar-refractivity contribution in [1.29, 1.82) is 0 Å². The molecule has 0 aromatic carbocycles. The lowest BCUT2D eigenvalue weighted by Crippen LogP contribution is -2.06. The fourth-order valence-electron chi connectivity index (χ4n) is 1.83. The summed E-state index contributed by atoms with van der Waals surface area (Å²) >= 11 is 6.15. The molecule has 19 heavy (non-hydrogen) atoms. The molecule has 2 aromatic heterocycles. The minimum absolute atomic E-state index is 0.158. The van der Waals surface area contributed by atoms with Crippen LogP contribution in [0, 0.1) is 13.8 Å². The summed E-state index contributed by atoms with van der Waals surface area (Å²) in [7, 11) is 1.82. The van der Waals surface area contributed by atoms with Gasteiger partial charge in [-0.05, 0) is 26.0 Å². The molecule has 0 aliphatic rings. The van der Waals surface area contributed by atoms with Gasteiger partial charge in [-0.3, -0.25) is 9.67 Å². The monoisotopic (exact) mass is 281 g/mol. The fraction of sp³-hybridized carbons (Fsp3) is 0.385. The van der Waals surface area contributed by atoms with Crippen LogP contribution in [0.5, 0.6) is 5.75 Å². The van der Waals surface area contributed by atoms with Gasteiger partial charge >= 0.3 is 0 Å². The Balaban J connectivity index is 2.19. The van der Waals surface area contributed by atoms with E-state index in [9.17, 15) is 5.11 Å². The first kappa shape index (κ1) is 13.8. The van der Waals surface area contributed by atoms with Gasteiger partial charge in [0, 0.05) is 12.7 Å². The molecule has 2 rings (SSSR count). The zero-order valence-electron chi connectivity index (χ0n) is 11.1. The van der Waals surface area contributed by atoms with Crippen LogP contribution >= 0.6 is 11.6 Å². The van der Waals surface area contributed by atoms with Crippen LogP contribution in [0.2, 0.25) is 5.02 Å². The van der Waals surface area contributed by atoms with E-state index in [0.29, 0.717) is 16.5 Å². The van der Waals surface area contributed by atoms with Crippen molar-refractivity contribution in [2.75, 3.05) is 0 Å². The van der Waals surface area contributed by atoms with E-state index in [-0.39, 0.29) is 13.2 Å². The van der Waals surface area contributed by atoms with E-state index in [4.69, 9.17) is 16.3 Å². The van der Waals surface area contributed by atoms with Gasteiger partial charge in [-0.1, -0.05) is 11.6 Å². The summed E-state index contributed by atoms with van der Waals surface area (Å²) in [6, 6.07) is 3.63. The number of ether oxygens (including phenoxy) is 1. The third kappa shape index (κ3) is 2.88. The molecule has 0 saturated heterocycles. The van der Waals surface area contributed by atoms with E-state index in [1.807, 2.05) is 27.0 Å². The number of aliphatic hydroxyl groups is 1. The molecule has 1 N–H and O–H groups in total. The normalized spacial score (nSPS) is 10.8. The van der Waals surface area contributed by atoms with Crippen LogP contribution in [0.1, 0.15) is 22.8 Å². The first-order valence-electron chi connectivity index (χ1n) is 5.91. The minimum atomic E-state index is -0.158. The third-order valence-electron chi connectivity index (χ3n) is 2.85. The number of aromatic nitrogens is 3. The average molecular weight is 282 g/mol. The Kier molecular flexibility index (Phi) is 4.07. The smallest absolute Gasteiger partial charge is 0.143 e. The highest BCUT2D eigenvalue weighted by molar-refractivity contribution is 6.31. The number of rotatable bonds is 4. The van der Waals surface area contributed by atoms with Crippen LogP contribution in [0.4, 0.5) is 0 Å². The molecule has 6 heteroatoms. The van der Waals surface area contributed by atoms with E-state index in [1.54, 1.807) is 10.7 Å². The molecule has 0 bridgehead atoms. The summed E-state index contributed by atoms with van der Waals surface area (Å²) in [5, 5.41) is 14.1. The van der Waals surface area contributed by atoms with Gasteiger partial charge < -0.3 is 9.84 Å². The first-order chi connectivity index (χ1) is 9.02. The number of pyridine rings is 1. The summed E-state index contributed by atoms with van der Waals surface area (Å²) < 4.78 is 7.37. The lowest BCUT2D eigenvalue weighted by molar-refractivity contribution is 0.250. The van der Waals surface area contributed by atoms with Crippen LogP contribution in [0.15, 0.2) is 12.1 Å². The van der Waals surface area contributed by atoms with Crippen molar-refractivity contribution in [2.24, 2.45) is 7.05 Å². The minimum Gasteiger partial charge on any atom is -0.485 e. The largest absolute Gasteiger partial charge is 0.485 e. The lowest BCUT2D eigenvalue weighted by atomic mass is 10.3. The van der Waals surface area contributed by atoms with Gasteiger partial charge in [-0.15, -0.1) is 0 Å². The van der Waals surface area contributed by atoms with Crippen LogP contribution in [0.3, 0.4) is 0 Å². The maximum atomic E-state index is 9.27. The Hall–Kier alpha value is -1.59. The standard InChI is InChI=1S/C13H16ClN3O2/c1-8-4-5-12(10(6-18)15-8)19-7-11-13(14)9(2)16-17(11)3/h4-5,18H,6-7H2,1-3H3. The first-order valence-corrected chi connectivity index (χ1v) is 6.29. The topological polar surface area (TPSA) is 60.2 Å². The predicted octanol–water partition coefficient (Wildman–Crippen LogP) is 2.16. The Bertz CT molecular complexity index is 596. The van der Waals surface area contributed by atoms with E-state index in [0.717, 1.165) is 17.1 Å². The van der Waals surface area contributed by atoms with Crippen molar-refractivity contribution in [3.05, 3.63) is 39.9 Å². The Labute approximate surface area is 116 Å².